The molecule has 22 heavy (non-hydrogen) atoms. The van der Waals surface area contributed by atoms with Crippen molar-refractivity contribution in [1.29, 1.82) is 0 Å². The van der Waals surface area contributed by atoms with Crippen molar-refractivity contribution < 1.29 is 0 Å². The lowest BCUT2D eigenvalue weighted by Gasteiger charge is -2.20. The van der Waals surface area contributed by atoms with Crippen LogP contribution < -0.4 is 4.90 Å². The topological polar surface area (TPSA) is 3.24 Å². The van der Waals surface area contributed by atoms with Crippen molar-refractivity contribution in [3.63, 3.8) is 0 Å². The Bertz CT molecular complexity index is 735. The van der Waals surface area contributed by atoms with E-state index in [-0.39, 0.29) is 0 Å². The average molecular weight is 308 g/mol. The third kappa shape index (κ3) is 3.49. The summed E-state index contributed by atoms with van der Waals surface area (Å²) in [5.41, 5.74) is 4.90. The van der Waals surface area contributed by atoms with E-state index in [0.717, 1.165) is 11.6 Å². The summed E-state index contributed by atoms with van der Waals surface area (Å²) in [6, 6.07) is 27.1. The van der Waals surface area contributed by atoms with E-state index in [0.29, 0.717) is 0 Å². The molecule has 0 bridgehead atoms. The van der Waals surface area contributed by atoms with Crippen molar-refractivity contribution in [2.45, 2.75) is 6.54 Å². The molecule has 0 saturated heterocycles. The van der Waals surface area contributed by atoms with Gasteiger partial charge in [-0.15, -0.1) is 0 Å². The first-order valence-corrected chi connectivity index (χ1v) is 7.71. The summed E-state index contributed by atoms with van der Waals surface area (Å²) >= 11 is 5.96. The van der Waals surface area contributed by atoms with E-state index >= 15 is 0 Å². The van der Waals surface area contributed by atoms with E-state index in [9.17, 15) is 0 Å². The van der Waals surface area contributed by atoms with Gasteiger partial charge in [-0.3, -0.25) is 0 Å². The minimum atomic E-state index is 0.765. The van der Waals surface area contributed by atoms with Crippen LogP contribution in [0.25, 0.3) is 11.1 Å². The van der Waals surface area contributed by atoms with Crippen molar-refractivity contribution in [2.75, 3.05) is 11.9 Å². The van der Waals surface area contributed by atoms with E-state index in [1.54, 1.807) is 0 Å². The SMILES string of the molecule is CN(Cc1ccccc1)c1cccc(-c2ccc(Cl)cc2)c1. The molecule has 0 amide bonds. The summed E-state index contributed by atoms with van der Waals surface area (Å²) in [5, 5.41) is 0.765. The van der Waals surface area contributed by atoms with Gasteiger partial charge in [-0.2, -0.15) is 0 Å². The van der Waals surface area contributed by atoms with Crippen LogP contribution in [0.2, 0.25) is 5.02 Å². The second kappa shape index (κ2) is 6.67. The summed E-state index contributed by atoms with van der Waals surface area (Å²) < 4.78 is 0. The number of halogens is 1. The largest absolute Gasteiger partial charge is 0.370 e. The van der Waals surface area contributed by atoms with Crippen LogP contribution in [-0.2, 0) is 6.54 Å². The molecule has 3 rings (SSSR count). The number of rotatable bonds is 4. The van der Waals surface area contributed by atoms with Gasteiger partial charge in [0.1, 0.15) is 0 Å². The molecule has 0 heterocycles. The fraction of sp³-hybridized carbons (Fsp3) is 0.100. The van der Waals surface area contributed by atoms with Gasteiger partial charge in [-0.25, -0.2) is 0 Å². The molecule has 0 aliphatic carbocycles. The van der Waals surface area contributed by atoms with Crippen LogP contribution in [-0.4, -0.2) is 7.05 Å². The van der Waals surface area contributed by atoms with Crippen LogP contribution in [0.5, 0.6) is 0 Å². The minimum absolute atomic E-state index is 0.765. The van der Waals surface area contributed by atoms with Crippen molar-refractivity contribution in [2.24, 2.45) is 0 Å². The third-order valence-corrected chi connectivity index (χ3v) is 3.98. The van der Waals surface area contributed by atoms with Gasteiger partial charge >= 0.3 is 0 Å². The van der Waals surface area contributed by atoms with Gasteiger partial charge in [0.2, 0.25) is 0 Å². The Labute approximate surface area is 136 Å². The molecule has 0 spiro atoms. The second-order valence-corrected chi connectivity index (χ2v) is 5.84. The van der Waals surface area contributed by atoms with Crippen molar-refractivity contribution in [3.8, 4) is 11.1 Å². The highest BCUT2D eigenvalue weighted by Gasteiger charge is 2.04. The van der Waals surface area contributed by atoms with Gasteiger partial charge < -0.3 is 4.90 Å². The van der Waals surface area contributed by atoms with E-state index in [4.69, 9.17) is 11.6 Å². The monoisotopic (exact) mass is 307 g/mol. The van der Waals surface area contributed by atoms with Crippen molar-refractivity contribution in [1.82, 2.24) is 0 Å². The Morgan fingerprint density at radius 1 is 0.773 bits per heavy atom. The molecule has 0 aromatic heterocycles. The van der Waals surface area contributed by atoms with Crippen molar-refractivity contribution in [3.05, 3.63) is 89.4 Å². The van der Waals surface area contributed by atoms with Gasteiger partial charge in [0.05, 0.1) is 0 Å². The van der Waals surface area contributed by atoms with Crippen LogP contribution in [0.15, 0.2) is 78.9 Å². The van der Waals surface area contributed by atoms with E-state index in [1.165, 1.54) is 22.4 Å². The Hall–Kier alpha value is -2.25. The van der Waals surface area contributed by atoms with Crippen LogP contribution in [0.4, 0.5) is 5.69 Å². The van der Waals surface area contributed by atoms with Crippen LogP contribution in [0.3, 0.4) is 0 Å². The molecule has 110 valence electrons. The molecule has 1 nitrogen and oxygen atoms in total. The number of anilines is 1. The van der Waals surface area contributed by atoms with Gasteiger partial charge in [0.15, 0.2) is 0 Å². The number of benzene rings is 3. The lowest BCUT2D eigenvalue weighted by atomic mass is 10.0. The van der Waals surface area contributed by atoms with E-state index < -0.39 is 0 Å². The van der Waals surface area contributed by atoms with Gasteiger partial charge in [-0.05, 0) is 41.0 Å². The molecule has 0 aliphatic rings. The fourth-order valence-corrected chi connectivity index (χ4v) is 2.64. The summed E-state index contributed by atoms with van der Waals surface area (Å²) in [6.45, 7) is 0.894. The number of nitrogens with zero attached hydrogens (tertiary/aromatic N) is 1. The molecular weight excluding hydrogens is 290 g/mol. The third-order valence-electron chi connectivity index (χ3n) is 3.73. The second-order valence-electron chi connectivity index (χ2n) is 5.40. The maximum atomic E-state index is 5.96. The highest BCUT2D eigenvalue weighted by atomic mass is 35.5. The summed E-state index contributed by atoms with van der Waals surface area (Å²) in [6.07, 6.45) is 0. The molecular formula is C20H18ClN. The van der Waals surface area contributed by atoms with Gasteiger partial charge in [0.25, 0.3) is 0 Å². The first-order chi connectivity index (χ1) is 10.7. The molecule has 0 saturated carbocycles. The fourth-order valence-electron chi connectivity index (χ4n) is 2.51. The van der Waals surface area contributed by atoms with E-state index in [2.05, 4.69) is 72.6 Å². The normalized spacial score (nSPS) is 10.5. The summed E-state index contributed by atoms with van der Waals surface area (Å²) in [4.78, 5) is 2.26. The summed E-state index contributed by atoms with van der Waals surface area (Å²) in [5.74, 6) is 0. The quantitative estimate of drug-likeness (QED) is 0.602. The Morgan fingerprint density at radius 3 is 2.23 bits per heavy atom. The standard InChI is InChI=1S/C20H18ClN/c1-22(15-16-6-3-2-4-7-16)20-9-5-8-18(14-20)17-10-12-19(21)13-11-17/h2-14H,15H2,1H3. The smallest absolute Gasteiger partial charge is 0.0426 e. The molecule has 3 aromatic rings. The van der Waals surface area contributed by atoms with Crippen molar-refractivity contribution >= 4 is 17.3 Å². The molecule has 0 fully saturated rings. The minimum Gasteiger partial charge on any atom is -0.370 e. The van der Waals surface area contributed by atoms with Crippen LogP contribution >= 0.6 is 11.6 Å². The lowest BCUT2D eigenvalue weighted by molar-refractivity contribution is 0.923. The zero-order chi connectivity index (χ0) is 15.4. The maximum Gasteiger partial charge on any atom is 0.0426 e. The maximum absolute atomic E-state index is 5.96. The first kappa shape index (κ1) is 14.7. The van der Waals surface area contributed by atoms with Crippen LogP contribution in [0.1, 0.15) is 5.56 Å². The zero-order valence-electron chi connectivity index (χ0n) is 12.5. The highest BCUT2D eigenvalue weighted by molar-refractivity contribution is 6.30. The molecule has 2 heteroatoms. The predicted molar refractivity (Wildman–Crippen MR) is 95.4 cm³/mol. The molecule has 0 radical (unpaired) electrons. The molecule has 0 N–H and O–H groups in total. The highest BCUT2D eigenvalue weighted by Crippen LogP contribution is 2.26. The molecule has 0 aliphatic heterocycles. The number of hydrogen-bond donors (Lipinski definition) is 0. The zero-order valence-corrected chi connectivity index (χ0v) is 13.3. The number of hydrogen-bond acceptors (Lipinski definition) is 1. The van der Waals surface area contributed by atoms with Crippen LogP contribution in [0, 0.1) is 0 Å². The van der Waals surface area contributed by atoms with E-state index in [1.807, 2.05) is 18.2 Å². The Morgan fingerprint density at radius 2 is 1.50 bits per heavy atom. The Balaban J connectivity index is 1.83. The first-order valence-electron chi connectivity index (χ1n) is 7.33. The predicted octanol–water partition coefficient (Wildman–Crippen LogP) is 5.64. The van der Waals surface area contributed by atoms with Gasteiger partial charge in [-0.1, -0.05) is 66.2 Å². The molecule has 0 unspecified atom stereocenters. The van der Waals surface area contributed by atoms with Gasteiger partial charge in [0, 0.05) is 24.3 Å². The summed E-state index contributed by atoms with van der Waals surface area (Å²) in [7, 11) is 2.12. The lowest BCUT2D eigenvalue weighted by Crippen LogP contribution is -2.16. The Kier molecular flexibility index (Phi) is 4.45. The molecule has 0 atom stereocenters. The molecule has 3 aromatic carbocycles. The average Bonchev–Trinajstić information content (AvgIpc) is 2.56.